The quantitative estimate of drug-likeness (QED) is 0.283. The maximum Gasteiger partial charge on any atom is 0.251 e. The molecule has 10 nitrogen and oxygen atoms in total. The summed E-state index contributed by atoms with van der Waals surface area (Å²) in [6.07, 6.45) is 7.80. The van der Waals surface area contributed by atoms with Crippen LogP contribution in [0.15, 0.2) is 54.7 Å². The molecule has 1 amide bonds. The van der Waals surface area contributed by atoms with E-state index in [1.54, 1.807) is 0 Å². The van der Waals surface area contributed by atoms with Gasteiger partial charge in [-0.1, -0.05) is 30.3 Å². The van der Waals surface area contributed by atoms with Gasteiger partial charge in [0.05, 0.1) is 42.6 Å². The Morgan fingerprint density at radius 1 is 1.04 bits per heavy atom. The Labute approximate surface area is 264 Å². The number of aromatic nitrogens is 4. The fourth-order valence-electron chi connectivity index (χ4n) is 7.01. The molecule has 0 spiro atoms. The van der Waals surface area contributed by atoms with Crippen molar-refractivity contribution < 1.29 is 14.3 Å². The van der Waals surface area contributed by atoms with Crippen LogP contribution in [0.25, 0.3) is 22.5 Å². The van der Waals surface area contributed by atoms with Crippen molar-refractivity contribution in [3.63, 3.8) is 0 Å². The minimum absolute atomic E-state index is 0.0695. The summed E-state index contributed by atoms with van der Waals surface area (Å²) in [6.45, 7) is 6.07. The van der Waals surface area contributed by atoms with Gasteiger partial charge in [0.1, 0.15) is 5.75 Å². The Bertz CT molecular complexity index is 1660. The molecule has 10 heteroatoms. The molecule has 2 aliphatic carbocycles. The Kier molecular flexibility index (Phi) is 8.49. The Hall–Kier alpha value is -4.28. The highest BCUT2D eigenvalue weighted by molar-refractivity contribution is 5.95. The number of morpholine rings is 1. The number of benzene rings is 2. The molecule has 1 saturated heterocycles. The summed E-state index contributed by atoms with van der Waals surface area (Å²) < 4.78 is 13.5. The van der Waals surface area contributed by atoms with Gasteiger partial charge in [-0.2, -0.15) is 5.10 Å². The van der Waals surface area contributed by atoms with E-state index in [4.69, 9.17) is 19.6 Å². The standard InChI is InChI=1S/C35H41N7O3/c1-3-45-30-21-24(34(43)37-26-11-13-27(14-12-26)42-17-19-44-20-18-42)9-15-28(30)38-35-36-22-25-10-16-29-31(32(25)39-35)33(41(2)40-29)23-7-5-4-6-8-23/h4-9,15,21-22,26-27H,3,10-14,16-20H2,1-2H3,(H,37,43)(H,36,38,39)/t26-,27-. The van der Waals surface area contributed by atoms with Crippen molar-refractivity contribution in [2.75, 3.05) is 38.2 Å². The van der Waals surface area contributed by atoms with Crippen molar-refractivity contribution in [2.45, 2.75) is 57.5 Å². The number of fused-ring (bicyclic) bond motifs is 3. The predicted molar refractivity (Wildman–Crippen MR) is 174 cm³/mol. The molecule has 2 N–H and O–H groups in total. The molecule has 2 aromatic carbocycles. The first-order chi connectivity index (χ1) is 22.1. The second-order valence-electron chi connectivity index (χ2n) is 12.1. The normalized spacial score (nSPS) is 19.8. The van der Waals surface area contributed by atoms with Gasteiger partial charge < -0.3 is 20.1 Å². The van der Waals surface area contributed by atoms with Crippen LogP contribution in [0.4, 0.5) is 11.6 Å². The van der Waals surface area contributed by atoms with Gasteiger partial charge in [0.2, 0.25) is 5.95 Å². The summed E-state index contributed by atoms with van der Waals surface area (Å²) in [5, 5.41) is 11.5. The van der Waals surface area contributed by atoms with E-state index >= 15 is 0 Å². The molecule has 0 atom stereocenters. The number of anilines is 2. The van der Waals surface area contributed by atoms with Crippen molar-refractivity contribution in [3.05, 3.63) is 71.5 Å². The third-order valence-electron chi connectivity index (χ3n) is 9.28. The fraction of sp³-hybridized carbons (Fsp3) is 0.429. The summed E-state index contributed by atoms with van der Waals surface area (Å²) >= 11 is 0. The zero-order chi connectivity index (χ0) is 30.8. The van der Waals surface area contributed by atoms with Crippen molar-refractivity contribution in [3.8, 4) is 28.3 Å². The summed E-state index contributed by atoms with van der Waals surface area (Å²) in [5.74, 6) is 0.995. The molecule has 0 unspecified atom stereocenters. The highest BCUT2D eigenvalue weighted by Crippen LogP contribution is 2.40. The largest absolute Gasteiger partial charge is 0.492 e. The fourth-order valence-corrected chi connectivity index (χ4v) is 7.01. The van der Waals surface area contributed by atoms with Crippen LogP contribution in [0, 0.1) is 0 Å². The molecule has 1 aliphatic heterocycles. The Morgan fingerprint density at radius 2 is 1.84 bits per heavy atom. The van der Waals surface area contributed by atoms with Crippen molar-refractivity contribution in [1.82, 2.24) is 30.0 Å². The lowest BCUT2D eigenvalue weighted by molar-refractivity contribution is 0.00664. The molecule has 2 aromatic heterocycles. The van der Waals surface area contributed by atoms with Gasteiger partial charge in [0, 0.05) is 55.1 Å². The van der Waals surface area contributed by atoms with Gasteiger partial charge in [0.15, 0.2) is 0 Å². The zero-order valence-corrected chi connectivity index (χ0v) is 26.1. The van der Waals surface area contributed by atoms with Crippen molar-refractivity contribution >= 4 is 17.5 Å². The molecule has 234 valence electrons. The third-order valence-corrected chi connectivity index (χ3v) is 9.28. The maximum atomic E-state index is 13.3. The first-order valence-corrected chi connectivity index (χ1v) is 16.2. The SMILES string of the molecule is CCOc1cc(C(=O)N[C@H]2CC[C@H](N3CCOCC3)CC2)ccc1Nc1ncc2c(n1)-c1c(nn(C)c1-c1ccccc1)CC2. The van der Waals surface area contributed by atoms with E-state index in [0.29, 0.717) is 35.6 Å². The summed E-state index contributed by atoms with van der Waals surface area (Å²) in [7, 11) is 1.99. The van der Waals surface area contributed by atoms with Crippen LogP contribution in [0.1, 0.15) is 54.2 Å². The van der Waals surface area contributed by atoms with Crippen LogP contribution in [-0.4, -0.2) is 75.5 Å². The van der Waals surface area contributed by atoms with E-state index < -0.39 is 0 Å². The first-order valence-electron chi connectivity index (χ1n) is 16.2. The predicted octanol–water partition coefficient (Wildman–Crippen LogP) is 5.16. The third kappa shape index (κ3) is 6.17. The highest BCUT2D eigenvalue weighted by atomic mass is 16.5. The van der Waals surface area contributed by atoms with Gasteiger partial charge in [-0.25, -0.2) is 9.97 Å². The van der Waals surface area contributed by atoms with E-state index in [9.17, 15) is 4.79 Å². The number of hydrogen-bond acceptors (Lipinski definition) is 8. The summed E-state index contributed by atoms with van der Waals surface area (Å²) in [4.78, 5) is 25.5. The second kappa shape index (κ2) is 13.0. The van der Waals surface area contributed by atoms with Gasteiger partial charge in [0.25, 0.3) is 5.91 Å². The lowest BCUT2D eigenvalue weighted by atomic mass is 9.89. The Balaban J connectivity index is 1.07. The minimum Gasteiger partial charge on any atom is -0.492 e. The van der Waals surface area contributed by atoms with E-state index in [-0.39, 0.29) is 11.9 Å². The molecular formula is C35H41N7O3. The van der Waals surface area contributed by atoms with Crippen molar-refractivity contribution in [1.29, 1.82) is 0 Å². The van der Waals surface area contributed by atoms with Gasteiger partial charge in [-0.05, 0) is 69.2 Å². The number of rotatable bonds is 8. The van der Waals surface area contributed by atoms with Gasteiger partial charge >= 0.3 is 0 Å². The zero-order valence-electron chi connectivity index (χ0n) is 26.1. The summed E-state index contributed by atoms with van der Waals surface area (Å²) in [6, 6.07) is 16.6. The lowest BCUT2D eigenvalue weighted by Crippen LogP contribution is -2.47. The molecular weight excluding hydrogens is 566 g/mol. The minimum atomic E-state index is -0.0695. The Morgan fingerprint density at radius 3 is 2.62 bits per heavy atom. The molecule has 7 rings (SSSR count). The van der Waals surface area contributed by atoms with Crippen LogP contribution >= 0.6 is 0 Å². The molecule has 45 heavy (non-hydrogen) atoms. The molecule has 0 bridgehead atoms. The topological polar surface area (TPSA) is 106 Å². The van der Waals surface area contributed by atoms with Crippen LogP contribution < -0.4 is 15.4 Å². The average molecular weight is 608 g/mol. The number of amides is 1. The van der Waals surface area contributed by atoms with E-state index in [1.165, 1.54) is 0 Å². The van der Waals surface area contributed by atoms with E-state index in [1.807, 2.05) is 61.2 Å². The second-order valence-corrected chi connectivity index (χ2v) is 12.1. The number of nitrogens with one attached hydrogen (secondary N) is 2. The lowest BCUT2D eigenvalue weighted by Gasteiger charge is -2.38. The number of carbonyl (C=O) groups is 1. The van der Waals surface area contributed by atoms with Crippen LogP contribution in [-0.2, 0) is 24.6 Å². The number of hydrogen-bond donors (Lipinski definition) is 2. The van der Waals surface area contributed by atoms with Crippen LogP contribution in [0.3, 0.4) is 0 Å². The molecule has 4 aromatic rings. The van der Waals surface area contributed by atoms with Crippen LogP contribution in [0.2, 0.25) is 0 Å². The van der Waals surface area contributed by atoms with Crippen molar-refractivity contribution in [2.24, 2.45) is 7.05 Å². The van der Waals surface area contributed by atoms with Gasteiger partial charge in [-0.15, -0.1) is 0 Å². The number of nitrogens with zero attached hydrogens (tertiary/aromatic N) is 5. The smallest absolute Gasteiger partial charge is 0.251 e. The highest BCUT2D eigenvalue weighted by Gasteiger charge is 2.29. The average Bonchev–Trinajstić information content (AvgIpc) is 3.43. The molecule has 0 radical (unpaired) electrons. The molecule has 3 heterocycles. The molecule has 2 fully saturated rings. The first kappa shape index (κ1) is 29.4. The summed E-state index contributed by atoms with van der Waals surface area (Å²) in [5.41, 5.74) is 7.57. The number of aryl methyl sites for hydroxylation is 3. The molecule has 3 aliphatic rings. The van der Waals surface area contributed by atoms with E-state index in [2.05, 4.69) is 32.7 Å². The maximum absolute atomic E-state index is 13.3. The molecule has 1 saturated carbocycles. The monoisotopic (exact) mass is 607 g/mol. The van der Waals surface area contributed by atoms with Gasteiger partial charge in [-0.3, -0.25) is 14.4 Å². The van der Waals surface area contributed by atoms with E-state index in [0.717, 1.165) is 98.6 Å². The number of carbonyl (C=O) groups excluding carboxylic acids is 1. The van der Waals surface area contributed by atoms with Crippen LogP contribution in [0.5, 0.6) is 5.75 Å². The number of ether oxygens (including phenoxy) is 2.